The van der Waals surface area contributed by atoms with Gasteiger partial charge in [-0.2, -0.15) is 5.26 Å². The third kappa shape index (κ3) is 3.33. The summed E-state index contributed by atoms with van der Waals surface area (Å²) in [4.78, 5) is 0.795. The largest absolute Gasteiger partial charge is 0.242 e. The number of hydrogen-bond donors (Lipinski definition) is 1. The summed E-state index contributed by atoms with van der Waals surface area (Å²) < 4.78 is 27.3. The predicted octanol–water partition coefficient (Wildman–Crippen LogP) is 2.75. The molecule has 1 heterocycles. The van der Waals surface area contributed by atoms with Crippen LogP contribution in [-0.4, -0.2) is 8.42 Å². The van der Waals surface area contributed by atoms with E-state index in [1.807, 2.05) is 6.07 Å². The molecule has 0 unspecified atom stereocenters. The molecule has 0 radical (unpaired) electrons. The van der Waals surface area contributed by atoms with E-state index in [9.17, 15) is 8.42 Å². The molecular formula is C12H9ClN2O2S2. The van der Waals surface area contributed by atoms with E-state index in [-0.39, 0.29) is 17.0 Å². The minimum atomic E-state index is -3.70. The molecule has 1 aromatic carbocycles. The molecule has 0 aliphatic rings. The zero-order valence-electron chi connectivity index (χ0n) is 9.63. The van der Waals surface area contributed by atoms with Crippen LogP contribution in [0.25, 0.3) is 0 Å². The van der Waals surface area contributed by atoms with Crippen molar-refractivity contribution in [2.24, 2.45) is 0 Å². The molecule has 7 heteroatoms. The zero-order valence-corrected chi connectivity index (χ0v) is 12.0. The molecule has 0 saturated heterocycles. The van der Waals surface area contributed by atoms with Gasteiger partial charge in [0.05, 0.1) is 14.8 Å². The first-order chi connectivity index (χ1) is 9.03. The van der Waals surface area contributed by atoms with E-state index in [1.54, 1.807) is 24.3 Å². The van der Waals surface area contributed by atoms with Gasteiger partial charge in [0.1, 0.15) is 6.07 Å². The SMILES string of the molecule is N#Cc1ccccc1S(=O)(=O)NCc1ccc(Cl)s1. The number of hydrogen-bond acceptors (Lipinski definition) is 4. The maximum Gasteiger partial charge on any atom is 0.242 e. The van der Waals surface area contributed by atoms with Gasteiger partial charge in [0, 0.05) is 11.4 Å². The lowest BCUT2D eigenvalue weighted by Crippen LogP contribution is -2.23. The van der Waals surface area contributed by atoms with Gasteiger partial charge in [-0.1, -0.05) is 23.7 Å². The Bertz CT molecular complexity index is 732. The minimum Gasteiger partial charge on any atom is -0.207 e. The normalized spacial score (nSPS) is 11.2. The van der Waals surface area contributed by atoms with Gasteiger partial charge in [-0.05, 0) is 24.3 Å². The Kier molecular flexibility index (Phi) is 4.22. The molecule has 2 aromatic rings. The van der Waals surface area contributed by atoms with Crippen molar-refractivity contribution in [1.29, 1.82) is 5.26 Å². The molecule has 0 atom stereocenters. The highest BCUT2D eigenvalue weighted by molar-refractivity contribution is 7.89. The highest BCUT2D eigenvalue weighted by Gasteiger charge is 2.17. The second-order valence-electron chi connectivity index (χ2n) is 3.64. The third-order valence-electron chi connectivity index (χ3n) is 2.36. The van der Waals surface area contributed by atoms with Crippen LogP contribution in [0, 0.1) is 11.3 Å². The van der Waals surface area contributed by atoms with E-state index in [2.05, 4.69) is 4.72 Å². The van der Waals surface area contributed by atoms with Crippen LogP contribution in [-0.2, 0) is 16.6 Å². The number of nitrogens with one attached hydrogen (secondary N) is 1. The zero-order chi connectivity index (χ0) is 13.9. The summed E-state index contributed by atoms with van der Waals surface area (Å²) in [5.74, 6) is 0. The van der Waals surface area contributed by atoms with Crippen molar-refractivity contribution in [3.8, 4) is 6.07 Å². The van der Waals surface area contributed by atoms with Crippen LogP contribution in [0.5, 0.6) is 0 Å². The summed E-state index contributed by atoms with van der Waals surface area (Å²) in [5, 5.41) is 8.91. The van der Waals surface area contributed by atoms with Gasteiger partial charge >= 0.3 is 0 Å². The quantitative estimate of drug-likeness (QED) is 0.943. The maximum absolute atomic E-state index is 12.1. The van der Waals surface area contributed by atoms with Crippen molar-refractivity contribution in [3.05, 3.63) is 51.2 Å². The van der Waals surface area contributed by atoms with Crippen LogP contribution in [0.2, 0.25) is 4.34 Å². The molecule has 1 N–H and O–H groups in total. The lowest BCUT2D eigenvalue weighted by atomic mass is 10.2. The molecule has 0 amide bonds. The van der Waals surface area contributed by atoms with Gasteiger partial charge < -0.3 is 0 Å². The summed E-state index contributed by atoms with van der Waals surface area (Å²) in [6.07, 6.45) is 0. The molecular weight excluding hydrogens is 304 g/mol. The maximum atomic E-state index is 12.1. The number of sulfonamides is 1. The average molecular weight is 313 g/mol. The Morgan fingerprint density at radius 3 is 2.63 bits per heavy atom. The molecule has 0 aliphatic heterocycles. The van der Waals surface area contributed by atoms with Crippen LogP contribution in [0.15, 0.2) is 41.3 Å². The number of nitriles is 1. The van der Waals surface area contributed by atoms with E-state index in [1.165, 1.54) is 23.5 Å². The number of benzene rings is 1. The van der Waals surface area contributed by atoms with Crippen molar-refractivity contribution in [2.75, 3.05) is 0 Å². The fourth-order valence-corrected chi connectivity index (χ4v) is 3.76. The standard InChI is InChI=1S/C12H9ClN2O2S2/c13-12-6-5-10(18-12)8-15-19(16,17)11-4-2-1-3-9(11)7-14/h1-6,15H,8H2. The molecule has 0 spiro atoms. The highest BCUT2D eigenvalue weighted by atomic mass is 35.5. The van der Waals surface area contributed by atoms with Gasteiger partial charge in [0.2, 0.25) is 10.0 Å². The van der Waals surface area contributed by atoms with Gasteiger partial charge in [-0.3, -0.25) is 0 Å². The lowest BCUT2D eigenvalue weighted by Gasteiger charge is -2.06. The Labute approximate surface area is 120 Å². The molecule has 19 heavy (non-hydrogen) atoms. The van der Waals surface area contributed by atoms with Crippen molar-refractivity contribution in [1.82, 2.24) is 4.72 Å². The highest BCUT2D eigenvalue weighted by Crippen LogP contribution is 2.22. The molecule has 0 aliphatic carbocycles. The molecule has 0 bridgehead atoms. The van der Waals surface area contributed by atoms with Gasteiger partial charge in [-0.25, -0.2) is 13.1 Å². The number of halogens is 1. The first-order valence-electron chi connectivity index (χ1n) is 5.26. The Balaban J connectivity index is 2.21. The van der Waals surface area contributed by atoms with E-state index in [0.717, 1.165) is 4.88 Å². The number of nitrogens with zero attached hydrogens (tertiary/aromatic N) is 1. The molecule has 98 valence electrons. The van der Waals surface area contributed by atoms with Crippen LogP contribution in [0.4, 0.5) is 0 Å². The monoisotopic (exact) mass is 312 g/mol. The van der Waals surface area contributed by atoms with Crippen LogP contribution in [0.1, 0.15) is 10.4 Å². The van der Waals surface area contributed by atoms with E-state index < -0.39 is 10.0 Å². The molecule has 0 fully saturated rings. The van der Waals surface area contributed by atoms with E-state index >= 15 is 0 Å². The van der Waals surface area contributed by atoms with Crippen molar-refractivity contribution in [2.45, 2.75) is 11.4 Å². The van der Waals surface area contributed by atoms with Crippen molar-refractivity contribution < 1.29 is 8.42 Å². The predicted molar refractivity (Wildman–Crippen MR) is 74.5 cm³/mol. The Morgan fingerprint density at radius 2 is 2.00 bits per heavy atom. The molecule has 1 aromatic heterocycles. The summed E-state index contributed by atoms with van der Waals surface area (Å²) >= 11 is 7.08. The van der Waals surface area contributed by atoms with E-state index in [0.29, 0.717) is 4.34 Å². The van der Waals surface area contributed by atoms with Crippen LogP contribution >= 0.6 is 22.9 Å². The summed E-state index contributed by atoms with van der Waals surface area (Å²) in [5.41, 5.74) is 0.124. The first-order valence-corrected chi connectivity index (χ1v) is 7.94. The van der Waals surface area contributed by atoms with Crippen LogP contribution in [0.3, 0.4) is 0 Å². The average Bonchev–Trinajstić information content (AvgIpc) is 2.82. The summed E-state index contributed by atoms with van der Waals surface area (Å²) in [6, 6.07) is 11.4. The fraction of sp³-hybridized carbons (Fsp3) is 0.0833. The van der Waals surface area contributed by atoms with Crippen molar-refractivity contribution in [3.63, 3.8) is 0 Å². The molecule has 2 rings (SSSR count). The van der Waals surface area contributed by atoms with Crippen LogP contribution < -0.4 is 4.72 Å². The van der Waals surface area contributed by atoms with Crippen molar-refractivity contribution >= 4 is 33.0 Å². The Morgan fingerprint density at radius 1 is 1.26 bits per heavy atom. The van der Waals surface area contributed by atoms with E-state index in [4.69, 9.17) is 16.9 Å². The van der Waals surface area contributed by atoms with Gasteiger partial charge in [0.15, 0.2) is 0 Å². The summed E-state index contributed by atoms with van der Waals surface area (Å²) in [6.45, 7) is 0.152. The first kappa shape index (κ1) is 14.0. The lowest BCUT2D eigenvalue weighted by molar-refractivity contribution is 0.581. The van der Waals surface area contributed by atoms with Gasteiger partial charge in [-0.15, -0.1) is 11.3 Å². The second kappa shape index (κ2) is 5.72. The smallest absolute Gasteiger partial charge is 0.207 e. The third-order valence-corrected chi connectivity index (χ3v) is 5.05. The number of rotatable bonds is 4. The summed E-state index contributed by atoms with van der Waals surface area (Å²) in [7, 11) is -3.70. The fourth-order valence-electron chi connectivity index (χ4n) is 1.48. The second-order valence-corrected chi connectivity index (χ2v) is 7.17. The molecule has 4 nitrogen and oxygen atoms in total. The number of thiophene rings is 1. The van der Waals surface area contributed by atoms with Gasteiger partial charge in [0.25, 0.3) is 0 Å². The topological polar surface area (TPSA) is 70.0 Å². The minimum absolute atomic E-state index is 0.0137. The molecule has 0 saturated carbocycles. The Hall–Kier alpha value is -1.39.